The molecule has 3 N–H and O–H groups in total. The summed E-state index contributed by atoms with van der Waals surface area (Å²) in [6, 6.07) is 4.19. The fraction of sp³-hybridized carbons (Fsp3) is 0.529. The smallest absolute Gasteiger partial charge is 0.240 e. The second-order valence-electron chi connectivity index (χ2n) is 6.74. The van der Waals surface area contributed by atoms with Gasteiger partial charge in [0, 0.05) is 24.6 Å². The molecular weight excluding hydrogens is 374 g/mol. The second kappa shape index (κ2) is 9.56. The summed E-state index contributed by atoms with van der Waals surface area (Å²) < 4.78 is 37.1. The first-order chi connectivity index (χ1) is 12.5. The normalized spacial score (nSPS) is 11.6. The Balaban J connectivity index is 2.53. The summed E-state index contributed by atoms with van der Waals surface area (Å²) in [4.78, 5) is 23.4. The maximum atomic E-state index is 12.3. The van der Waals surface area contributed by atoms with Crippen LogP contribution < -0.4 is 24.8 Å². The Morgan fingerprint density at radius 3 is 2.22 bits per heavy atom. The molecule has 0 aliphatic carbocycles. The van der Waals surface area contributed by atoms with E-state index < -0.39 is 21.5 Å². The minimum Gasteiger partial charge on any atom is -0.493 e. The van der Waals surface area contributed by atoms with Crippen LogP contribution in [0.2, 0.25) is 0 Å². The number of nitrogens with one attached hydrogen (secondary N) is 3. The Kier molecular flexibility index (Phi) is 8.04. The molecule has 0 fully saturated rings. The van der Waals surface area contributed by atoms with E-state index in [0.717, 1.165) is 0 Å². The van der Waals surface area contributed by atoms with Gasteiger partial charge in [0.25, 0.3) is 0 Å². The van der Waals surface area contributed by atoms with Crippen molar-refractivity contribution in [2.24, 2.45) is 0 Å². The van der Waals surface area contributed by atoms with Gasteiger partial charge in [0.05, 0.1) is 25.7 Å². The quantitative estimate of drug-likeness (QED) is 0.551. The zero-order chi connectivity index (χ0) is 20.7. The SMILES string of the molecule is COc1ccc(S(=O)(=O)NCCC(=O)NCC(=O)NC(C)(C)C)cc1OC. The number of amides is 2. The van der Waals surface area contributed by atoms with Crippen molar-refractivity contribution < 1.29 is 27.5 Å². The van der Waals surface area contributed by atoms with Gasteiger partial charge in [-0.1, -0.05) is 0 Å². The highest BCUT2D eigenvalue weighted by atomic mass is 32.2. The Morgan fingerprint density at radius 2 is 1.67 bits per heavy atom. The Morgan fingerprint density at radius 1 is 1.04 bits per heavy atom. The summed E-state index contributed by atoms with van der Waals surface area (Å²) >= 11 is 0. The third kappa shape index (κ3) is 7.83. The van der Waals surface area contributed by atoms with Gasteiger partial charge in [0.15, 0.2) is 11.5 Å². The van der Waals surface area contributed by atoms with Gasteiger partial charge in [-0.25, -0.2) is 13.1 Å². The van der Waals surface area contributed by atoms with Gasteiger partial charge in [-0.15, -0.1) is 0 Å². The van der Waals surface area contributed by atoms with E-state index in [1.807, 2.05) is 20.8 Å². The molecule has 0 radical (unpaired) electrons. The van der Waals surface area contributed by atoms with Gasteiger partial charge in [-0.3, -0.25) is 9.59 Å². The van der Waals surface area contributed by atoms with Crippen LogP contribution in [-0.2, 0) is 19.6 Å². The Hall–Kier alpha value is -2.33. The first kappa shape index (κ1) is 22.7. The molecule has 1 aromatic rings. The third-order valence-electron chi connectivity index (χ3n) is 3.27. The van der Waals surface area contributed by atoms with Crippen molar-refractivity contribution in [1.29, 1.82) is 0 Å². The number of carbonyl (C=O) groups excluding carboxylic acids is 2. The number of hydrogen-bond acceptors (Lipinski definition) is 6. The molecule has 0 aliphatic rings. The lowest BCUT2D eigenvalue weighted by Crippen LogP contribution is -2.46. The van der Waals surface area contributed by atoms with Crippen LogP contribution in [0.3, 0.4) is 0 Å². The van der Waals surface area contributed by atoms with Crippen molar-refractivity contribution in [3.63, 3.8) is 0 Å². The molecule has 152 valence electrons. The third-order valence-corrected chi connectivity index (χ3v) is 4.73. The monoisotopic (exact) mass is 401 g/mol. The van der Waals surface area contributed by atoms with Crippen LogP contribution in [0, 0.1) is 0 Å². The summed E-state index contributed by atoms with van der Waals surface area (Å²) in [6.07, 6.45) is -0.102. The maximum Gasteiger partial charge on any atom is 0.240 e. The van der Waals surface area contributed by atoms with E-state index in [9.17, 15) is 18.0 Å². The standard InChI is InChI=1S/C17H27N3O6S/c1-17(2,3)20-16(22)11-18-15(21)8-9-19-27(23,24)12-6-7-13(25-4)14(10-12)26-5/h6-7,10,19H,8-9,11H2,1-5H3,(H,18,21)(H,20,22). The van der Waals surface area contributed by atoms with Crippen LogP contribution in [0.1, 0.15) is 27.2 Å². The molecule has 0 bridgehead atoms. The molecule has 0 unspecified atom stereocenters. The average molecular weight is 401 g/mol. The molecule has 1 rings (SSSR count). The van der Waals surface area contributed by atoms with Crippen LogP contribution in [0.4, 0.5) is 0 Å². The molecule has 0 saturated carbocycles. The summed E-state index contributed by atoms with van der Waals surface area (Å²) in [5, 5.41) is 5.15. The molecular formula is C17H27N3O6S. The highest BCUT2D eigenvalue weighted by Crippen LogP contribution is 2.29. The highest BCUT2D eigenvalue weighted by Gasteiger charge is 2.18. The molecule has 0 atom stereocenters. The molecule has 27 heavy (non-hydrogen) atoms. The number of sulfonamides is 1. The van der Waals surface area contributed by atoms with Gasteiger partial charge in [0.2, 0.25) is 21.8 Å². The molecule has 1 aromatic carbocycles. The highest BCUT2D eigenvalue weighted by molar-refractivity contribution is 7.89. The van der Waals surface area contributed by atoms with Gasteiger partial charge >= 0.3 is 0 Å². The molecule has 9 nitrogen and oxygen atoms in total. The lowest BCUT2D eigenvalue weighted by atomic mass is 10.1. The van der Waals surface area contributed by atoms with E-state index in [2.05, 4.69) is 15.4 Å². The van der Waals surface area contributed by atoms with Gasteiger partial charge in [-0.2, -0.15) is 0 Å². The van der Waals surface area contributed by atoms with Crippen molar-refractivity contribution in [3.05, 3.63) is 18.2 Å². The van der Waals surface area contributed by atoms with Crippen molar-refractivity contribution in [3.8, 4) is 11.5 Å². The fourth-order valence-electron chi connectivity index (χ4n) is 2.10. The summed E-state index contributed by atoms with van der Waals surface area (Å²) in [5.74, 6) is -0.0665. The lowest BCUT2D eigenvalue weighted by Gasteiger charge is -2.20. The van der Waals surface area contributed by atoms with Crippen LogP contribution in [0.25, 0.3) is 0 Å². The number of methoxy groups -OCH3 is 2. The summed E-state index contributed by atoms with van der Waals surface area (Å²) in [5.41, 5.74) is -0.392. The molecule has 2 amide bonds. The predicted octanol–water partition coefficient (Wildman–Crippen LogP) is 0.403. The Labute approximate surface area is 159 Å². The lowest BCUT2D eigenvalue weighted by molar-refractivity contribution is -0.126. The largest absolute Gasteiger partial charge is 0.493 e. The minimum atomic E-state index is -3.81. The maximum absolute atomic E-state index is 12.3. The molecule has 0 spiro atoms. The van der Waals surface area contributed by atoms with Crippen molar-refractivity contribution in [1.82, 2.24) is 15.4 Å². The zero-order valence-corrected chi connectivity index (χ0v) is 17.0. The molecule has 0 heterocycles. The molecule has 0 aromatic heterocycles. The first-order valence-corrected chi connectivity index (χ1v) is 9.76. The number of benzene rings is 1. The number of ether oxygens (including phenoxy) is 2. The van der Waals surface area contributed by atoms with E-state index in [4.69, 9.17) is 9.47 Å². The predicted molar refractivity (Wildman–Crippen MR) is 100 cm³/mol. The average Bonchev–Trinajstić information content (AvgIpc) is 2.57. The van der Waals surface area contributed by atoms with Crippen molar-refractivity contribution in [2.75, 3.05) is 27.3 Å². The van der Waals surface area contributed by atoms with E-state index in [-0.39, 0.29) is 36.1 Å². The summed E-state index contributed by atoms with van der Waals surface area (Å²) in [6.45, 7) is 5.21. The van der Waals surface area contributed by atoms with Crippen LogP contribution in [-0.4, -0.2) is 53.1 Å². The van der Waals surface area contributed by atoms with Crippen LogP contribution >= 0.6 is 0 Å². The number of carbonyl (C=O) groups is 2. The van der Waals surface area contributed by atoms with E-state index in [1.54, 1.807) is 0 Å². The van der Waals surface area contributed by atoms with Crippen LogP contribution in [0.15, 0.2) is 23.1 Å². The van der Waals surface area contributed by atoms with Crippen molar-refractivity contribution in [2.45, 2.75) is 37.6 Å². The topological polar surface area (TPSA) is 123 Å². The first-order valence-electron chi connectivity index (χ1n) is 8.28. The van der Waals surface area contributed by atoms with Crippen molar-refractivity contribution >= 4 is 21.8 Å². The minimum absolute atomic E-state index is 0.00915. The second-order valence-corrected chi connectivity index (χ2v) is 8.51. The Bertz CT molecular complexity index is 771. The van der Waals surface area contributed by atoms with Gasteiger partial charge in [-0.05, 0) is 32.9 Å². The summed E-state index contributed by atoms with van der Waals surface area (Å²) in [7, 11) is -0.960. The van der Waals surface area contributed by atoms with E-state index >= 15 is 0 Å². The van der Waals surface area contributed by atoms with E-state index in [0.29, 0.717) is 5.75 Å². The fourth-order valence-corrected chi connectivity index (χ4v) is 3.14. The molecule has 0 aliphatic heterocycles. The van der Waals surface area contributed by atoms with Gasteiger partial charge < -0.3 is 20.1 Å². The van der Waals surface area contributed by atoms with E-state index in [1.165, 1.54) is 32.4 Å². The van der Waals surface area contributed by atoms with Crippen LogP contribution in [0.5, 0.6) is 11.5 Å². The zero-order valence-electron chi connectivity index (χ0n) is 16.2. The molecule has 0 saturated heterocycles. The molecule has 10 heteroatoms. The van der Waals surface area contributed by atoms with Gasteiger partial charge in [0.1, 0.15) is 0 Å². The number of hydrogen-bond donors (Lipinski definition) is 3. The number of rotatable bonds is 9.